The van der Waals surface area contributed by atoms with E-state index in [9.17, 15) is 9.59 Å². The topological polar surface area (TPSA) is 80.3 Å². The molecule has 0 spiro atoms. The van der Waals surface area contributed by atoms with Crippen LogP contribution in [0.1, 0.15) is 26.3 Å². The Morgan fingerprint density at radius 2 is 1.34 bits per heavy atom. The Labute approximate surface area is 228 Å². The van der Waals surface area contributed by atoms with E-state index in [1.54, 1.807) is 48.5 Å². The first-order valence-electron chi connectivity index (χ1n) is 11.8. The number of carbonyl (C=O) groups excluding carboxylic acids is 2. The smallest absolute Gasteiger partial charge is 0.257 e. The van der Waals surface area contributed by atoms with Crippen LogP contribution in [0, 0.1) is 0 Å². The van der Waals surface area contributed by atoms with Crippen molar-refractivity contribution >= 4 is 44.9 Å². The number of nitrogens with one attached hydrogen (secondary N) is 2. The maximum absolute atomic E-state index is 13.0. The molecule has 0 aliphatic heterocycles. The highest BCUT2D eigenvalue weighted by atomic mass is 35.5. The monoisotopic (exact) mass is 539 g/mol. The van der Waals surface area contributed by atoms with Gasteiger partial charge in [-0.25, -0.2) is 4.98 Å². The number of ether oxygens (including phenoxy) is 1. The molecule has 1 aromatic heterocycles. The first kappa shape index (κ1) is 25.2. The lowest BCUT2D eigenvalue weighted by Gasteiger charge is -2.08. The van der Waals surface area contributed by atoms with Crippen molar-refractivity contribution in [3.8, 4) is 17.0 Å². The predicted octanol–water partition coefficient (Wildman–Crippen LogP) is 7.55. The molecule has 6 nitrogen and oxygen atoms in total. The normalized spacial score (nSPS) is 10.6. The third kappa shape index (κ3) is 6.08. The first-order valence-corrected chi connectivity index (χ1v) is 13.0. The molecule has 5 aromatic rings. The average Bonchev–Trinajstić information content (AvgIpc) is 3.35. The molecule has 0 aliphatic carbocycles. The molecule has 0 unspecified atom stereocenters. The summed E-state index contributed by atoms with van der Waals surface area (Å²) in [5.74, 6) is 0.0432. The van der Waals surface area contributed by atoms with Crippen LogP contribution in [0.4, 0.5) is 10.1 Å². The molecule has 0 fully saturated rings. The number of aromatic nitrogens is 1. The summed E-state index contributed by atoms with van der Waals surface area (Å²) in [6.07, 6.45) is 0. The van der Waals surface area contributed by atoms with Gasteiger partial charge >= 0.3 is 0 Å². The van der Waals surface area contributed by atoms with Crippen molar-refractivity contribution in [2.75, 3.05) is 10.6 Å². The number of benzene rings is 4. The van der Waals surface area contributed by atoms with Crippen LogP contribution in [0.25, 0.3) is 11.3 Å². The fourth-order valence-corrected chi connectivity index (χ4v) is 4.73. The maximum Gasteiger partial charge on any atom is 0.257 e. The molecule has 5 rings (SSSR count). The fourth-order valence-electron chi connectivity index (χ4n) is 3.66. The molecule has 0 bridgehead atoms. The first-order chi connectivity index (χ1) is 18.6. The number of thiazole rings is 1. The van der Waals surface area contributed by atoms with E-state index < -0.39 is 0 Å². The van der Waals surface area contributed by atoms with Crippen LogP contribution in [0.3, 0.4) is 0 Å². The van der Waals surface area contributed by atoms with Crippen molar-refractivity contribution in [1.29, 1.82) is 0 Å². The Kier molecular flexibility index (Phi) is 7.78. The molecule has 0 radical (unpaired) electrons. The minimum Gasteiger partial charge on any atom is -0.489 e. The van der Waals surface area contributed by atoms with Gasteiger partial charge in [-0.1, -0.05) is 89.7 Å². The summed E-state index contributed by atoms with van der Waals surface area (Å²) in [6.45, 7) is 0.323. The highest BCUT2D eigenvalue weighted by molar-refractivity contribution is 7.20. The van der Waals surface area contributed by atoms with Gasteiger partial charge in [-0.3, -0.25) is 14.9 Å². The summed E-state index contributed by atoms with van der Waals surface area (Å²) >= 11 is 7.38. The molecule has 0 aliphatic rings. The molecule has 2 N–H and O–H groups in total. The largest absolute Gasteiger partial charge is 0.489 e. The molecular formula is C30H22ClN3O3S. The van der Waals surface area contributed by atoms with Crippen molar-refractivity contribution in [3.05, 3.63) is 131 Å². The van der Waals surface area contributed by atoms with Crippen LogP contribution >= 0.6 is 22.9 Å². The van der Waals surface area contributed by atoms with Crippen LogP contribution in [0.2, 0.25) is 5.02 Å². The van der Waals surface area contributed by atoms with E-state index in [0.717, 1.165) is 11.1 Å². The second-order valence-electron chi connectivity index (χ2n) is 8.24. The van der Waals surface area contributed by atoms with Gasteiger partial charge in [0, 0.05) is 27.3 Å². The highest BCUT2D eigenvalue weighted by Crippen LogP contribution is 2.36. The summed E-state index contributed by atoms with van der Waals surface area (Å²) in [6, 6.07) is 32.7. The zero-order chi connectivity index (χ0) is 26.3. The van der Waals surface area contributed by atoms with Gasteiger partial charge in [-0.15, -0.1) is 0 Å². The molecular weight excluding hydrogens is 518 g/mol. The number of anilines is 2. The SMILES string of the molecule is O=C(Nc1nc(-c2ccccc2)c(NC(=O)c2ccccc2)s1)c1ccc(OCc2ccccc2Cl)cc1. The van der Waals surface area contributed by atoms with Gasteiger partial charge in [-0.05, 0) is 42.5 Å². The third-order valence-corrected chi connectivity index (χ3v) is 6.88. The van der Waals surface area contributed by atoms with E-state index in [1.807, 2.05) is 60.7 Å². The summed E-state index contributed by atoms with van der Waals surface area (Å²) in [7, 11) is 0. The van der Waals surface area contributed by atoms with Gasteiger partial charge in [-0.2, -0.15) is 0 Å². The van der Waals surface area contributed by atoms with Crippen molar-refractivity contribution in [2.45, 2.75) is 6.61 Å². The van der Waals surface area contributed by atoms with Gasteiger partial charge in [0.1, 0.15) is 23.1 Å². The zero-order valence-electron chi connectivity index (χ0n) is 20.1. The fraction of sp³-hybridized carbons (Fsp3) is 0.0333. The molecule has 1 heterocycles. The number of nitrogens with zero attached hydrogens (tertiary/aromatic N) is 1. The minimum absolute atomic E-state index is 0.253. The van der Waals surface area contributed by atoms with E-state index in [-0.39, 0.29) is 11.8 Å². The predicted molar refractivity (Wildman–Crippen MR) is 152 cm³/mol. The standard InChI is InChI=1S/C30H22ClN3O3S/c31-25-14-8-7-13-23(25)19-37-24-17-15-22(16-18-24)28(36)34-30-32-26(20-9-3-1-4-10-20)29(38-30)33-27(35)21-11-5-2-6-12-21/h1-18H,19H2,(H,33,35)(H,32,34,36). The van der Waals surface area contributed by atoms with Crippen molar-refractivity contribution in [1.82, 2.24) is 4.98 Å². The molecule has 0 saturated heterocycles. The Bertz CT molecular complexity index is 1560. The molecule has 188 valence electrons. The van der Waals surface area contributed by atoms with Crippen LogP contribution in [-0.4, -0.2) is 16.8 Å². The quantitative estimate of drug-likeness (QED) is 0.213. The van der Waals surface area contributed by atoms with Gasteiger partial charge in [0.15, 0.2) is 5.13 Å². The third-order valence-electron chi connectivity index (χ3n) is 5.63. The lowest BCUT2D eigenvalue weighted by Crippen LogP contribution is -2.11. The van der Waals surface area contributed by atoms with Crippen LogP contribution in [0.5, 0.6) is 5.75 Å². The second-order valence-corrected chi connectivity index (χ2v) is 9.65. The Hall–Kier alpha value is -4.46. The van der Waals surface area contributed by atoms with E-state index in [4.69, 9.17) is 16.3 Å². The molecule has 38 heavy (non-hydrogen) atoms. The maximum atomic E-state index is 13.0. The summed E-state index contributed by atoms with van der Waals surface area (Å²) in [4.78, 5) is 30.4. The molecule has 0 saturated carbocycles. The molecule has 4 aromatic carbocycles. The van der Waals surface area contributed by atoms with Crippen molar-refractivity contribution in [2.24, 2.45) is 0 Å². The van der Waals surface area contributed by atoms with Crippen molar-refractivity contribution in [3.63, 3.8) is 0 Å². The zero-order valence-corrected chi connectivity index (χ0v) is 21.6. The second kappa shape index (κ2) is 11.7. The van der Waals surface area contributed by atoms with Crippen LogP contribution in [-0.2, 0) is 6.61 Å². The van der Waals surface area contributed by atoms with Gasteiger partial charge in [0.05, 0.1) is 0 Å². The lowest BCUT2D eigenvalue weighted by atomic mass is 10.1. The van der Waals surface area contributed by atoms with E-state index >= 15 is 0 Å². The summed E-state index contributed by atoms with van der Waals surface area (Å²) in [5.41, 5.74) is 3.26. The Balaban J connectivity index is 1.30. The Morgan fingerprint density at radius 3 is 2.05 bits per heavy atom. The summed E-state index contributed by atoms with van der Waals surface area (Å²) < 4.78 is 5.80. The van der Waals surface area contributed by atoms with Crippen LogP contribution in [0.15, 0.2) is 109 Å². The summed E-state index contributed by atoms with van der Waals surface area (Å²) in [5, 5.41) is 7.34. The molecule has 8 heteroatoms. The van der Waals surface area contributed by atoms with Gasteiger partial charge in [0.25, 0.3) is 11.8 Å². The van der Waals surface area contributed by atoms with E-state index in [0.29, 0.717) is 44.3 Å². The Morgan fingerprint density at radius 1 is 0.737 bits per heavy atom. The number of hydrogen-bond donors (Lipinski definition) is 2. The average molecular weight is 540 g/mol. The van der Waals surface area contributed by atoms with E-state index in [2.05, 4.69) is 15.6 Å². The number of hydrogen-bond acceptors (Lipinski definition) is 5. The minimum atomic E-state index is -0.322. The number of carbonyl (C=O) groups is 2. The lowest BCUT2D eigenvalue weighted by molar-refractivity contribution is 0.101. The number of rotatable bonds is 8. The van der Waals surface area contributed by atoms with E-state index in [1.165, 1.54) is 11.3 Å². The molecule has 2 amide bonds. The van der Waals surface area contributed by atoms with Crippen molar-refractivity contribution < 1.29 is 14.3 Å². The van der Waals surface area contributed by atoms with Crippen LogP contribution < -0.4 is 15.4 Å². The van der Waals surface area contributed by atoms with Gasteiger partial charge < -0.3 is 10.1 Å². The number of amides is 2. The highest BCUT2D eigenvalue weighted by Gasteiger charge is 2.18. The number of halogens is 1. The van der Waals surface area contributed by atoms with Gasteiger partial charge in [0.2, 0.25) is 0 Å². The molecule has 0 atom stereocenters.